The van der Waals surface area contributed by atoms with Crippen molar-refractivity contribution >= 4 is 40.4 Å². The fraction of sp³-hybridized carbons (Fsp3) is 0.273. The zero-order valence-electron chi connectivity index (χ0n) is 17.2. The fourth-order valence-corrected chi connectivity index (χ4v) is 4.82. The maximum absolute atomic E-state index is 14.1. The molecule has 0 atom stereocenters. The van der Waals surface area contributed by atoms with Gasteiger partial charge >= 0.3 is 0 Å². The average Bonchev–Trinajstić information content (AvgIpc) is 3.30. The van der Waals surface area contributed by atoms with E-state index in [-0.39, 0.29) is 22.4 Å². The number of pyridine rings is 1. The van der Waals surface area contributed by atoms with Crippen LogP contribution in [0.5, 0.6) is 5.88 Å². The van der Waals surface area contributed by atoms with E-state index in [1.165, 1.54) is 36.6 Å². The van der Waals surface area contributed by atoms with Gasteiger partial charge in [-0.25, -0.2) is 14.4 Å². The maximum Gasteiger partial charge on any atom is 0.275 e. The molecular formula is C22H20ClFN4O3S. The van der Waals surface area contributed by atoms with Crippen molar-refractivity contribution in [2.75, 3.05) is 25.5 Å². The first-order chi connectivity index (χ1) is 15.5. The molecule has 1 saturated heterocycles. The summed E-state index contributed by atoms with van der Waals surface area (Å²) in [4.78, 5) is 35.5. The van der Waals surface area contributed by atoms with Gasteiger partial charge < -0.3 is 15.0 Å². The van der Waals surface area contributed by atoms with Crippen molar-refractivity contribution in [3.8, 4) is 5.88 Å². The van der Waals surface area contributed by atoms with Gasteiger partial charge in [-0.3, -0.25) is 9.59 Å². The molecule has 2 aromatic heterocycles. The molecule has 0 radical (unpaired) electrons. The minimum atomic E-state index is -0.620. The summed E-state index contributed by atoms with van der Waals surface area (Å²) < 4.78 is 19.2. The van der Waals surface area contributed by atoms with Gasteiger partial charge in [-0.2, -0.15) is 0 Å². The van der Waals surface area contributed by atoms with Crippen molar-refractivity contribution in [1.82, 2.24) is 14.9 Å². The van der Waals surface area contributed by atoms with E-state index in [4.69, 9.17) is 16.3 Å². The number of piperidine rings is 1. The Morgan fingerprint density at radius 3 is 2.75 bits per heavy atom. The molecule has 1 fully saturated rings. The number of likely N-dealkylation sites (tertiary alicyclic amines) is 1. The number of ether oxygens (including phenoxy) is 1. The van der Waals surface area contributed by atoms with Crippen molar-refractivity contribution < 1.29 is 18.7 Å². The van der Waals surface area contributed by atoms with E-state index in [1.54, 1.807) is 28.6 Å². The van der Waals surface area contributed by atoms with Gasteiger partial charge in [0.25, 0.3) is 11.8 Å². The predicted molar refractivity (Wildman–Crippen MR) is 120 cm³/mol. The molecule has 3 heterocycles. The summed E-state index contributed by atoms with van der Waals surface area (Å²) in [6.45, 7) is 0.921. The number of carbonyl (C=O) groups is 2. The summed E-state index contributed by atoms with van der Waals surface area (Å²) in [6.07, 6.45) is 2.91. The Morgan fingerprint density at radius 1 is 1.25 bits per heavy atom. The summed E-state index contributed by atoms with van der Waals surface area (Å²) in [5.74, 6) is -0.930. The van der Waals surface area contributed by atoms with Gasteiger partial charge in [0, 0.05) is 30.6 Å². The van der Waals surface area contributed by atoms with Crippen molar-refractivity contribution in [1.29, 1.82) is 0 Å². The van der Waals surface area contributed by atoms with Crippen LogP contribution in [-0.2, 0) is 0 Å². The third-order valence-electron chi connectivity index (χ3n) is 5.28. The third-order valence-corrected chi connectivity index (χ3v) is 6.60. The number of aromatic nitrogens is 2. The van der Waals surface area contributed by atoms with Crippen molar-refractivity contribution in [3.63, 3.8) is 0 Å². The van der Waals surface area contributed by atoms with Gasteiger partial charge in [-0.05, 0) is 37.1 Å². The zero-order chi connectivity index (χ0) is 22.7. The molecule has 10 heteroatoms. The summed E-state index contributed by atoms with van der Waals surface area (Å²) in [5.41, 5.74) is 0.687. The molecule has 0 saturated carbocycles. The molecule has 0 spiro atoms. The number of hydrogen-bond acceptors (Lipinski definition) is 6. The first-order valence-electron chi connectivity index (χ1n) is 9.97. The van der Waals surface area contributed by atoms with E-state index in [2.05, 4.69) is 15.3 Å². The van der Waals surface area contributed by atoms with Crippen LogP contribution in [0.4, 0.5) is 10.1 Å². The topological polar surface area (TPSA) is 84.4 Å². The molecule has 32 heavy (non-hydrogen) atoms. The smallest absolute Gasteiger partial charge is 0.275 e. The van der Waals surface area contributed by atoms with Gasteiger partial charge in [0.1, 0.15) is 17.2 Å². The standard InChI is InChI=1S/C22H20ClFN4O3S/c1-31-20-16(6-3-9-25-20)26-19(29)17-12-32-21(27-17)13-7-10-28(11-8-13)22(30)18-14(23)4-2-5-15(18)24/h2-6,9,12-13H,7-8,10-11H2,1H3,(H,26,29). The van der Waals surface area contributed by atoms with E-state index in [9.17, 15) is 14.0 Å². The number of anilines is 1. The number of nitrogens with one attached hydrogen (secondary N) is 1. The highest BCUT2D eigenvalue weighted by Gasteiger charge is 2.29. The molecule has 1 aliphatic heterocycles. The monoisotopic (exact) mass is 474 g/mol. The van der Waals surface area contributed by atoms with Crippen molar-refractivity contribution in [2.45, 2.75) is 18.8 Å². The maximum atomic E-state index is 14.1. The van der Waals surface area contributed by atoms with Crippen LogP contribution in [0.3, 0.4) is 0 Å². The number of halogens is 2. The third kappa shape index (κ3) is 4.58. The minimum Gasteiger partial charge on any atom is -0.480 e. The number of thiazole rings is 1. The van der Waals surface area contributed by atoms with Crippen molar-refractivity contribution in [2.24, 2.45) is 0 Å². The SMILES string of the molecule is COc1ncccc1NC(=O)c1csc(C2CCN(C(=O)c3c(F)cccc3Cl)CC2)n1. The Kier molecular flexibility index (Phi) is 6.66. The molecular weight excluding hydrogens is 455 g/mol. The molecule has 0 unspecified atom stereocenters. The average molecular weight is 475 g/mol. The highest BCUT2D eigenvalue weighted by molar-refractivity contribution is 7.10. The number of hydrogen-bond donors (Lipinski definition) is 1. The quantitative estimate of drug-likeness (QED) is 0.583. The van der Waals surface area contributed by atoms with E-state index in [0.29, 0.717) is 43.2 Å². The summed E-state index contributed by atoms with van der Waals surface area (Å²) >= 11 is 7.44. The molecule has 7 nitrogen and oxygen atoms in total. The van der Waals surface area contributed by atoms with Crippen LogP contribution in [0.1, 0.15) is 44.6 Å². The summed E-state index contributed by atoms with van der Waals surface area (Å²) in [6, 6.07) is 7.62. The fourth-order valence-electron chi connectivity index (χ4n) is 3.60. The van der Waals surface area contributed by atoms with Gasteiger partial charge in [0.15, 0.2) is 0 Å². The van der Waals surface area contributed by atoms with E-state index in [1.807, 2.05) is 0 Å². The lowest BCUT2D eigenvalue weighted by Gasteiger charge is -2.31. The number of methoxy groups -OCH3 is 1. The molecule has 1 N–H and O–H groups in total. The lowest BCUT2D eigenvalue weighted by atomic mass is 9.97. The van der Waals surface area contributed by atoms with Crippen LogP contribution >= 0.6 is 22.9 Å². The molecule has 1 aliphatic rings. The largest absolute Gasteiger partial charge is 0.480 e. The highest BCUT2D eigenvalue weighted by atomic mass is 35.5. The van der Waals surface area contributed by atoms with Gasteiger partial charge in [0.05, 0.1) is 22.7 Å². The van der Waals surface area contributed by atoms with Crippen LogP contribution < -0.4 is 10.1 Å². The molecule has 1 aromatic carbocycles. The highest BCUT2D eigenvalue weighted by Crippen LogP contribution is 2.32. The first-order valence-corrected chi connectivity index (χ1v) is 11.2. The van der Waals surface area contributed by atoms with E-state index < -0.39 is 11.7 Å². The van der Waals surface area contributed by atoms with Gasteiger partial charge in [0.2, 0.25) is 5.88 Å². The molecule has 4 rings (SSSR count). The number of amides is 2. The second kappa shape index (κ2) is 9.62. The molecule has 166 valence electrons. The van der Waals surface area contributed by atoms with Crippen LogP contribution in [0.15, 0.2) is 41.9 Å². The molecule has 0 aliphatic carbocycles. The van der Waals surface area contributed by atoms with Crippen LogP contribution in [0.25, 0.3) is 0 Å². The Morgan fingerprint density at radius 2 is 2.03 bits per heavy atom. The van der Waals surface area contributed by atoms with E-state index >= 15 is 0 Å². The number of benzene rings is 1. The van der Waals surface area contributed by atoms with Gasteiger partial charge in [-0.1, -0.05) is 17.7 Å². The molecule has 0 bridgehead atoms. The molecule has 3 aromatic rings. The zero-order valence-corrected chi connectivity index (χ0v) is 18.8. The molecule has 2 amide bonds. The normalized spacial score (nSPS) is 14.3. The Hall–Kier alpha value is -3.04. The van der Waals surface area contributed by atoms with Crippen LogP contribution in [0.2, 0.25) is 5.02 Å². The lowest BCUT2D eigenvalue weighted by molar-refractivity contribution is 0.0708. The Labute approximate surface area is 193 Å². The second-order valence-corrected chi connectivity index (χ2v) is 8.55. The van der Waals surface area contributed by atoms with Crippen LogP contribution in [-0.4, -0.2) is 46.9 Å². The number of carbonyl (C=O) groups excluding carboxylic acids is 2. The summed E-state index contributed by atoms with van der Waals surface area (Å²) in [7, 11) is 1.48. The number of nitrogens with zero attached hydrogens (tertiary/aromatic N) is 3. The van der Waals surface area contributed by atoms with Gasteiger partial charge in [-0.15, -0.1) is 11.3 Å². The predicted octanol–water partition coefficient (Wildman–Crippen LogP) is 4.61. The van der Waals surface area contributed by atoms with E-state index in [0.717, 1.165) is 5.01 Å². The van der Waals surface area contributed by atoms with Crippen LogP contribution in [0, 0.1) is 5.82 Å². The second-order valence-electron chi connectivity index (χ2n) is 7.25. The Balaban J connectivity index is 1.39. The number of rotatable bonds is 5. The Bertz CT molecular complexity index is 1130. The lowest BCUT2D eigenvalue weighted by Crippen LogP contribution is -2.38. The first kappa shape index (κ1) is 22.2. The summed E-state index contributed by atoms with van der Waals surface area (Å²) in [5, 5.41) is 5.42. The minimum absolute atomic E-state index is 0.0911. The van der Waals surface area contributed by atoms with Crippen molar-refractivity contribution in [3.05, 3.63) is 69.0 Å².